The summed E-state index contributed by atoms with van der Waals surface area (Å²) in [6, 6.07) is 16.7. The quantitative estimate of drug-likeness (QED) is 0.0230. The molecule has 3 aromatic heterocycles. The van der Waals surface area contributed by atoms with Gasteiger partial charge in [-0.15, -0.1) is 0 Å². The molecule has 83 heavy (non-hydrogen) atoms. The molecule has 2 aromatic carbocycles. The lowest BCUT2D eigenvalue weighted by Gasteiger charge is -2.32. The van der Waals surface area contributed by atoms with Crippen molar-refractivity contribution in [2.45, 2.75) is 168 Å². The predicted octanol–water partition coefficient (Wildman–Crippen LogP) is 7.35. The number of imidazole rings is 1. The number of anilines is 3. The second-order valence-electron chi connectivity index (χ2n) is 23.7. The molecule has 4 amide bonds. The molecule has 2 saturated heterocycles. The van der Waals surface area contributed by atoms with E-state index in [1.165, 1.54) is 11.1 Å². The molecule has 3 aliphatic heterocycles. The number of rotatable bonds is 29. The number of aromatic nitrogens is 6. The van der Waals surface area contributed by atoms with Crippen LogP contribution in [0.5, 0.6) is 12.0 Å². The number of fused-ring (bicyclic) bond motifs is 2. The zero-order chi connectivity index (χ0) is 58.9. The molecule has 22 nitrogen and oxygen atoms in total. The Morgan fingerprint density at radius 2 is 1.18 bits per heavy atom. The van der Waals surface area contributed by atoms with Crippen LogP contribution in [0.3, 0.4) is 0 Å². The number of aromatic amines is 1. The normalized spacial score (nSPS) is 16.5. The van der Waals surface area contributed by atoms with E-state index in [0.29, 0.717) is 86.5 Å². The number of carbonyl (C=O) groups excluding carboxylic acids is 4. The van der Waals surface area contributed by atoms with E-state index in [2.05, 4.69) is 106 Å². The summed E-state index contributed by atoms with van der Waals surface area (Å²) in [6.07, 6.45) is 10.8. The van der Waals surface area contributed by atoms with Gasteiger partial charge in [-0.1, -0.05) is 75.2 Å². The van der Waals surface area contributed by atoms with Gasteiger partial charge in [-0.05, 0) is 152 Å². The number of nitrogen functional groups attached to an aromatic ring is 2. The summed E-state index contributed by atoms with van der Waals surface area (Å²) < 4.78 is 18.5. The number of benzene rings is 2. The van der Waals surface area contributed by atoms with Crippen LogP contribution in [0.15, 0.2) is 53.3 Å². The molecule has 0 aliphatic carbocycles. The number of nitrogens with one attached hydrogen (secondary N) is 5. The molecule has 2 fully saturated rings. The molecule has 9 N–H and O–H groups in total. The predicted molar refractivity (Wildman–Crippen MR) is 320 cm³/mol. The highest BCUT2D eigenvalue weighted by molar-refractivity contribution is 6.04. The number of unbranched alkanes of at least 4 members (excludes halogenated alkanes) is 2. The smallest absolute Gasteiger partial charge is 0.407 e. The van der Waals surface area contributed by atoms with Crippen molar-refractivity contribution in [3.05, 3.63) is 87.0 Å². The third-order valence-corrected chi connectivity index (χ3v) is 15.9. The number of nitrogens with zero attached hydrogens (tertiary/aromatic N) is 7. The summed E-state index contributed by atoms with van der Waals surface area (Å²) >= 11 is 0. The molecule has 450 valence electrons. The molecule has 0 radical (unpaired) electrons. The molecule has 6 heterocycles. The van der Waals surface area contributed by atoms with Gasteiger partial charge in [0.05, 0.1) is 31.4 Å². The van der Waals surface area contributed by atoms with E-state index in [1.54, 1.807) is 25.3 Å². The number of piperidine rings is 2. The molecule has 0 saturated carbocycles. The standard InChI is InChI=1S/C61H88N14O8/c1-6-8-34-81-57-68-50-47(56(78)67-51(50)53(62)70-57)36-42-10-12-43(13-11-42)37-73-30-24-40(25-31-73)22-28-64-48(76)20-18-46(66-60(80)83-61(3,4)5)19-21-49(77)65-29-23-41-26-32-74(33-27-41)38-44-14-16-45(17-15-44)39-75-55-52(69-59(75)79)54(63)71-58(72-55)82-35-9-7-2/h10-17,40-41,46-47H,6-9,18-39H2,1-5H3,(H,64,76)(H,65,77)(H,66,80)(H,67,78)(H,69,79)(H2,62,68,70)(H2,63,71,72). The van der Waals surface area contributed by atoms with Crippen LogP contribution < -0.4 is 47.9 Å². The maximum Gasteiger partial charge on any atom is 0.407 e. The minimum Gasteiger partial charge on any atom is -0.463 e. The number of H-pyrrole nitrogens is 1. The Kier molecular flexibility index (Phi) is 22.1. The molecule has 5 aromatic rings. The van der Waals surface area contributed by atoms with Crippen molar-refractivity contribution in [2.24, 2.45) is 11.8 Å². The van der Waals surface area contributed by atoms with Crippen LogP contribution in [0.25, 0.3) is 11.2 Å². The van der Waals surface area contributed by atoms with Gasteiger partial charge in [0.1, 0.15) is 16.8 Å². The summed E-state index contributed by atoms with van der Waals surface area (Å²) in [5, 5.41) is 12.0. The largest absolute Gasteiger partial charge is 0.463 e. The van der Waals surface area contributed by atoms with E-state index in [4.69, 9.17) is 25.7 Å². The lowest BCUT2D eigenvalue weighted by atomic mass is 9.93. The van der Waals surface area contributed by atoms with Gasteiger partial charge in [-0.2, -0.15) is 19.9 Å². The lowest BCUT2D eigenvalue weighted by Crippen LogP contribution is -2.40. The molecule has 0 bridgehead atoms. The van der Waals surface area contributed by atoms with Crippen molar-refractivity contribution >= 4 is 52.3 Å². The Morgan fingerprint density at radius 3 is 1.70 bits per heavy atom. The molecule has 3 aliphatic rings. The van der Waals surface area contributed by atoms with Crippen LogP contribution in [-0.4, -0.2) is 127 Å². The minimum atomic E-state index is -0.689. The molecular formula is C61H88N14O8. The van der Waals surface area contributed by atoms with Crippen molar-refractivity contribution in [2.75, 3.05) is 69.3 Å². The molecule has 2 atom stereocenters. The van der Waals surface area contributed by atoms with Crippen LogP contribution in [0, 0.1) is 11.8 Å². The van der Waals surface area contributed by atoms with Crippen LogP contribution in [-0.2, 0) is 45.2 Å². The zero-order valence-electron chi connectivity index (χ0n) is 49.4. The van der Waals surface area contributed by atoms with Gasteiger partial charge in [0.15, 0.2) is 17.3 Å². The number of ether oxygens (including phenoxy) is 3. The van der Waals surface area contributed by atoms with Crippen LogP contribution in [0.1, 0.15) is 158 Å². The van der Waals surface area contributed by atoms with Gasteiger partial charge < -0.3 is 51.9 Å². The Bertz CT molecular complexity index is 3000. The number of likely N-dealkylation sites (tertiary alicyclic amines) is 2. The van der Waals surface area contributed by atoms with Crippen molar-refractivity contribution in [1.82, 2.24) is 55.2 Å². The highest BCUT2D eigenvalue weighted by Crippen LogP contribution is 2.38. The van der Waals surface area contributed by atoms with Crippen molar-refractivity contribution in [3.63, 3.8) is 0 Å². The second-order valence-corrected chi connectivity index (χ2v) is 23.7. The average Bonchev–Trinajstić information content (AvgIpc) is 4.21. The van der Waals surface area contributed by atoms with Crippen molar-refractivity contribution < 1.29 is 33.4 Å². The van der Waals surface area contributed by atoms with Crippen molar-refractivity contribution in [1.29, 1.82) is 0 Å². The van der Waals surface area contributed by atoms with E-state index in [0.717, 1.165) is 115 Å². The number of nitrogens with two attached hydrogens (primary N) is 2. The number of carbonyl (C=O) groups is 4. The number of hydrogen-bond donors (Lipinski definition) is 7. The molecule has 0 spiro atoms. The Labute approximate surface area is 487 Å². The second kappa shape index (κ2) is 29.8. The molecular weight excluding hydrogens is 1060 g/mol. The van der Waals surface area contributed by atoms with Gasteiger partial charge in [0.25, 0.3) is 0 Å². The zero-order valence-corrected chi connectivity index (χ0v) is 49.4. The highest BCUT2D eigenvalue weighted by Gasteiger charge is 2.35. The van der Waals surface area contributed by atoms with Crippen LogP contribution in [0.4, 0.5) is 22.1 Å². The van der Waals surface area contributed by atoms with Gasteiger partial charge in [-0.3, -0.25) is 28.8 Å². The van der Waals surface area contributed by atoms with E-state index >= 15 is 0 Å². The maximum absolute atomic E-state index is 13.1. The SMILES string of the molecule is CCCCOc1nc(N)c2c(n1)C(Cc1ccc(CN3CCC(CCNC(=O)CCC(CCC(=O)NCCC4CCN(Cc5ccc(Cn6c(=O)[nH]c7c(N)nc(OCCCC)nc76)cc5)CC4)NC(=O)OC(C)(C)C)CC3)cc1)C(=O)N2. The average molecular weight is 1150 g/mol. The first-order valence-electron chi connectivity index (χ1n) is 30.1. The summed E-state index contributed by atoms with van der Waals surface area (Å²) in [5.74, 6) is 0.642. The number of alkyl carbamates (subject to hydrolysis) is 1. The number of hydrogen-bond acceptors (Lipinski definition) is 16. The van der Waals surface area contributed by atoms with Gasteiger partial charge in [-0.25, -0.2) is 9.59 Å². The van der Waals surface area contributed by atoms with Gasteiger partial charge >= 0.3 is 23.8 Å². The first-order chi connectivity index (χ1) is 40.0. The maximum atomic E-state index is 13.1. The molecule has 2 unspecified atom stereocenters. The highest BCUT2D eigenvalue weighted by atomic mass is 16.6. The van der Waals surface area contributed by atoms with Gasteiger partial charge in [0.2, 0.25) is 17.7 Å². The summed E-state index contributed by atoms with van der Waals surface area (Å²) in [7, 11) is 0. The van der Waals surface area contributed by atoms with Crippen molar-refractivity contribution in [3.8, 4) is 12.0 Å². The summed E-state index contributed by atoms with van der Waals surface area (Å²) in [4.78, 5) is 90.2. The van der Waals surface area contributed by atoms with Crippen LogP contribution >= 0.6 is 0 Å². The third-order valence-electron chi connectivity index (χ3n) is 15.9. The Morgan fingerprint density at radius 1 is 0.687 bits per heavy atom. The number of amides is 4. The Balaban J connectivity index is 0.693. The lowest BCUT2D eigenvalue weighted by molar-refractivity contribution is -0.121. The van der Waals surface area contributed by atoms with E-state index in [9.17, 15) is 24.0 Å². The van der Waals surface area contributed by atoms with E-state index in [-0.39, 0.29) is 59.9 Å². The fourth-order valence-corrected chi connectivity index (χ4v) is 11.0. The minimum absolute atomic E-state index is 0.0754. The third kappa shape index (κ3) is 18.6. The van der Waals surface area contributed by atoms with Crippen LogP contribution in [0.2, 0.25) is 0 Å². The van der Waals surface area contributed by atoms with E-state index < -0.39 is 23.7 Å². The summed E-state index contributed by atoms with van der Waals surface area (Å²) in [6.45, 7) is 17.6. The first-order valence-corrected chi connectivity index (χ1v) is 30.1. The topological polar surface area (TPSA) is 292 Å². The van der Waals surface area contributed by atoms with E-state index in [1.807, 2.05) is 12.1 Å². The molecule has 22 heteroatoms. The first kappa shape index (κ1) is 61.7. The monoisotopic (exact) mass is 1140 g/mol. The summed E-state index contributed by atoms with van der Waals surface area (Å²) in [5.41, 5.74) is 17.6. The Hall–Kier alpha value is -7.33. The molecule has 8 rings (SSSR count). The van der Waals surface area contributed by atoms with Gasteiger partial charge in [0, 0.05) is 45.1 Å². The fraction of sp³-hybridized carbons (Fsp3) is 0.590. The fourth-order valence-electron chi connectivity index (χ4n) is 11.0.